The molecule has 2 rings (SSSR count). The molecule has 1 aliphatic rings. The van der Waals surface area contributed by atoms with Crippen molar-refractivity contribution in [3.05, 3.63) is 18.2 Å². The Morgan fingerprint density at radius 1 is 1.47 bits per heavy atom. The molecule has 1 aromatic carbocycles. The lowest BCUT2D eigenvalue weighted by molar-refractivity contribution is -0.117. The molecule has 0 spiro atoms. The number of hydrogen-bond acceptors (Lipinski definition) is 4. The van der Waals surface area contributed by atoms with Crippen LogP contribution in [0.2, 0.25) is 0 Å². The number of rotatable bonds is 3. The fourth-order valence-corrected chi connectivity index (χ4v) is 1.75. The van der Waals surface area contributed by atoms with Gasteiger partial charge in [-0.15, -0.1) is 12.3 Å². The normalized spacial score (nSPS) is 16.5. The van der Waals surface area contributed by atoms with Crippen molar-refractivity contribution in [3.63, 3.8) is 0 Å². The quantitative estimate of drug-likeness (QED) is 0.807. The Kier molecular flexibility index (Phi) is 3.36. The van der Waals surface area contributed by atoms with E-state index in [1.54, 1.807) is 18.2 Å². The van der Waals surface area contributed by atoms with Crippen LogP contribution in [0.25, 0.3) is 0 Å². The van der Waals surface area contributed by atoms with E-state index in [9.17, 15) is 4.79 Å². The Balaban J connectivity index is 2.09. The summed E-state index contributed by atoms with van der Waals surface area (Å²) in [7, 11) is 0. The molecule has 0 fully saturated rings. The standard InChI is InChI=1S/C14H16N2O3/c1-4-5-10(15)13(17)16-9-6-7-11-12(8-9)19-14(2,3)18-11/h1,6-8,10H,5,15H2,2-3H3,(H,16,17). The zero-order chi connectivity index (χ0) is 14.0. The summed E-state index contributed by atoms with van der Waals surface area (Å²) in [4.78, 5) is 11.7. The molecule has 1 atom stereocenters. The van der Waals surface area contributed by atoms with E-state index in [0.717, 1.165) is 0 Å². The van der Waals surface area contributed by atoms with Gasteiger partial charge in [-0.2, -0.15) is 0 Å². The Morgan fingerprint density at radius 3 is 2.84 bits per heavy atom. The van der Waals surface area contributed by atoms with Gasteiger partial charge in [0.2, 0.25) is 11.7 Å². The van der Waals surface area contributed by atoms with Gasteiger partial charge in [0, 0.05) is 32.0 Å². The lowest BCUT2D eigenvalue weighted by Gasteiger charge is -2.16. The summed E-state index contributed by atoms with van der Waals surface area (Å²) in [5, 5.41) is 2.69. The molecule has 1 aliphatic heterocycles. The number of benzene rings is 1. The van der Waals surface area contributed by atoms with E-state index in [2.05, 4.69) is 11.2 Å². The number of amides is 1. The van der Waals surface area contributed by atoms with Crippen molar-refractivity contribution in [2.24, 2.45) is 5.73 Å². The molecule has 0 radical (unpaired) electrons. The molecule has 1 aromatic rings. The first-order chi connectivity index (χ1) is 8.91. The Morgan fingerprint density at radius 2 is 2.16 bits per heavy atom. The molecule has 19 heavy (non-hydrogen) atoms. The number of anilines is 1. The number of ether oxygens (including phenoxy) is 2. The van der Waals surface area contributed by atoms with E-state index in [4.69, 9.17) is 21.6 Å². The smallest absolute Gasteiger partial charge is 0.246 e. The summed E-state index contributed by atoms with van der Waals surface area (Å²) < 4.78 is 11.1. The van der Waals surface area contributed by atoms with E-state index in [1.165, 1.54) is 0 Å². The molecule has 1 heterocycles. The predicted octanol–water partition coefficient (Wildman–Crippen LogP) is 1.48. The minimum absolute atomic E-state index is 0.198. The molecule has 1 unspecified atom stereocenters. The van der Waals surface area contributed by atoms with Crippen LogP contribution in [0, 0.1) is 12.3 Å². The van der Waals surface area contributed by atoms with Crippen molar-refractivity contribution in [2.75, 3.05) is 5.32 Å². The minimum Gasteiger partial charge on any atom is -0.449 e. The first kappa shape index (κ1) is 13.2. The molecule has 0 aliphatic carbocycles. The summed E-state index contributed by atoms with van der Waals surface area (Å²) in [6.45, 7) is 3.63. The second-order valence-corrected chi connectivity index (χ2v) is 4.77. The van der Waals surface area contributed by atoms with Gasteiger partial charge in [-0.3, -0.25) is 4.79 Å². The van der Waals surface area contributed by atoms with Crippen LogP contribution in [-0.4, -0.2) is 17.7 Å². The third-order valence-electron chi connectivity index (χ3n) is 2.60. The number of fused-ring (bicyclic) bond motifs is 1. The van der Waals surface area contributed by atoms with Gasteiger partial charge in [0.1, 0.15) is 0 Å². The zero-order valence-electron chi connectivity index (χ0n) is 10.9. The topological polar surface area (TPSA) is 73.6 Å². The average Bonchev–Trinajstić information content (AvgIpc) is 2.62. The van der Waals surface area contributed by atoms with Gasteiger partial charge in [-0.05, 0) is 12.1 Å². The van der Waals surface area contributed by atoms with Crippen LogP contribution in [0.15, 0.2) is 18.2 Å². The molecule has 0 saturated carbocycles. The molecule has 1 amide bonds. The largest absolute Gasteiger partial charge is 0.449 e. The highest BCUT2D eigenvalue weighted by molar-refractivity contribution is 5.95. The lowest BCUT2D eigenvalue weighted by atomic mass is 10.2. The van der Waals surface area contributed by atoms with Gasteiger partial charge in [0.15, 0.2) is 11.5 Å². The van der Waals surface area contributed by atoms with E-state index in [1.807, 2.05) is 13.8 Å². The zero-order valence-corrected chi connectivity index (χ0v) is 10.9. The summed E-state index contributed by atoms with van der Waals surface area (Å²) in [6.07, 6.45) is 5.32. The maximum absolute atomic E-state index is 11.7. The highest BCUT2D eigenvalue weighted by atomic mass is 16.7. The third kappa shape index (κ3) is 2.98. The second kappa shape index (κ2) is 4.82. The summed E-state index contributed by atoms with van der Waals surface area (Å²) in [6, 6.07) is 4.45. The van der Waals surface area contributed by atoms with Gasteiger partial charge >= 0.3 is 0 Å². The number of terminal acetylenes is 1. The van der Waals surface area contributed by atoms with Crippen LogP contribution >= 0.6 is 0 Å². The van der Waals surface area contributed by atoms with E-state index in [0.29, 0.717) is 17.2 Å². The van der Waals surface area contributed by atoms with Gasteiger partial charge in [0.05, 0.1) is 6.04 Å². The summed E-state index contributed by atoms with van der Waals surface area (Å²) >= 11 is 0. The molecule has 0 saturated heterocycles. The second-order valence-electron chi connectivity index (χ2n) is 4.77. The van der Waals surface area contributed by atoms with Gasteiger partial charge in [-0.25, -0.2) is 0 Å². The lowest BCUT2D eigenvalue weighted by Crippen LogP contribution is -2.35. The molecule has 5 heteroatoms. The molecule has 0 bridgehead atoms. The number of hydrogen-bond donors (Lipinski definition) is 2. The number of carbonyl (C=O) groups is 1. The van der Waals surface area contributed by atoms with Crippen LogP contribution in [-0.2, 0) is 4.79 Å². The molecule has 100 valence electrons. The van der Waals surface area contributed by atoms with Gasteiger partial charge in [0.25, 0.3) is 0 Å². The first-order valence-corrected chi connectivity index (χ1v) is 5.93. The predicted molar refractivity (Wildman–Crippen MR) is 71.8 cm³/mol. The number of carbonyl (C=O) groups excluding carboxylic acids is 1. The maximum atomic E-state index is 11.7. The first-order valence-electron chi connectivity index (χ1n) is 5.93. The Bertz CT molecular complexity index is 546. The van der Waals surface area contributed by atoms with E-state index >= 15 is 0 Å². The van der Waals surface area contributed by atoms with Crippen molar-refractivity contribution in [2.45, 2.75) is 32.1 Å². The van der Waals surface area contributed by atoms with Crippen molar-refractivity contribution in [3.8, 4) is 23.8 Å². The molecular weight excluding hydrogens is 244 g/mol. The van der Waals surface area contributed by atoms with Crippen molar-refractivity contribution >= 4 is 11.6 Å². The van der Waals surface area contributed by atoms with E-state index < -0.39 is 11.8 Å². The number of nitrogens with two attached hydrogens (primary N) is 1. The van der Waals surface area contributed by atoms with Crippen LogP contribution < -0.4 is 20.5 Å². The Hall–Kier alpha value is -2.19. The van der Waals surface area contributed by atoms with Crippen LogP contribution in [0.3, 0.4) is 0 Å². The maximum Gasteiger partial charge on any atom is 0.246 e. The summed E-state index contributed by atoms with van der Waals surface area (Å²) in [5.74, 6) is 2.58. The van der Waals surface area contributed by atoms with Crippen LogP contribution in [0.5, 0.6) is 11.5 Å². The Labute approximate surface area is 112 Å². The highest BCUT2D eigenvalue weighted by Crippen LogP contribution is 2.40. The summed E-state index contributed by atoms with van der Waals surface area (Å²) in [5.41, 5.74) is 6.22. The third-order valence-corrected chi connectivity index (χ3v) is 2.60. The molecule has 3 N–H and O–H groups in total. The van der Waals surface area contributed by atoms with Crippen molar-refractivity contribution in [1.82, 2.24) is 0 Å². The monoisotopic (exact) mass is 260 g/mol. The minimum atomic E-state index is -0.716. The molecule has 0 aromatic heterocycles. The highest BCUT2D eigenvalue weighted by Gasteiger charge is 2.31. The van der Waals surface area contributed by atoms with Crippen molar-refractivity contribution < 1.29 is 14.3 Å². The fraction of sp³-hybridized carbons (Fsp3) is 0.357. The van der Waals surface area contributed by atoms with Crippen LogP contribution in [0.1, 0.15) is 20.3 Å². The van der Waals surface area contributed by atoms with Crippen LogP contribution in [0.4, 0.5) is 5.69 Å². The average molecular weight is 260 g/mol. The number of nitrogens with one attached hydrogen (secondary N) is 1. The van der Waals surface area contributed by atoms with E-state index in [-0.39, 0.29) is 12.3 Å². The molecule has 5 nitrogen and oxygen atoms in total. The van der Waals surface area contributed by atoms with Crippen molar-refractivity contribution in [1.29, 1.82) is 0 Å². The van der Waals surface area contributed by atoms with Gasteiger partial charge in [-0.1, -0.05) is 0 Å². The molecular formula is C14H16N2O3. The SMILES string of the molecule is C#CCC(N)C(=O)Nc1ccc2c(c1)OC(C)(C)O2. The fourth-order valence-electron chi connectivity index (χ4n) is 1.75. The van der Waals surface area contributed by atoms with Gasteiger partial charge < -0.3 is 20.5 Å².